The van der Waals surface area contributed by atoms with Crippen molar-refractivity contribution in [3.63, 3.8) is 0 Å². The largest absolute Gasteiger partial charge is 0.396 e. The molecule has 15 heavy (non-hydrogen) atoms. The Bertz CT molecular complexity index is 327. The van der Waals surface area contributed by atoms with Crippen LogP contribution in [-0.4, -0.2) is 28.8 Å². The standard InChI is InChI=1S/C10H16N2O3/c1-6(4-5-13)11-10(14)9-7(2)12-15-8(9)3/h6,13H,4-5H2,1-3H3,(H,11,14). The van der Waals surface area contributed by atoms with Gasteiger partial charge in [0, 0.05) is 12.6 Å². The van der Waals surface area contributed by atoms with Crippen molar-refractivity contribution < 1.29 is 14.4 Å². The van der Waals surface area contributed by atoms with Gasteiger partial charge in [-0.1, -0.05) is 5.16 Å². The van der Waals surface area contributed by atoms with E-state index in [0.717, 1.165) is 0 Å². The first-order chi connectivity index (χ1) is 7.06. The fourth-order valence-electron chi connectivity index (χ4n) is 1.37. The van der Waals surface area contributed by atoms with E-state index >= 15 is 0 Å². The molecule has 0 radical (unpaired) electrons. The summed E-state index contributed by atoms with van der Waals surface area (Å²) in [6.07, 6.45) is 0.537. The summed E-state index contributed by atoms with van der Waals surface area (Å²) in [6, 6.07) is -0.0591. The third-order valence-electron chi connectivity index (χ3n) is 2.20. The van der Waals surface area contributed by atoms with Gasteiger partial charge < -0.3 is 14.9 Å². The van der Waals surface area contributed by atoms with Gasteiger partial charge in [-0.3, -0.25) is 4.79 Å². The van der Waals surface area contributed by atoms with Crippen LogP contribution in [0.15, 0.2) is 4.52 Å². The number of rotatable bonds is 4. The van der Waals surface area contributed by atoms with Crippen LogP contribution in [0.4, 0.5) is 0 Å². The second kappa shape index (κ2) is 4.93. The number of nitrogens with zero attached hydrogens (tertiary/aromatic N) is 1. The minimum atomic E-state index is -0.202. The molecule has 0 aromatic carbocycles. The molecule has 1 rings (SSSR count). The number of aliphatic hydroxyl groups is 1. The Morgan fingerprint density at radius 3 is 2.73 bits per heavy atom. The highest BCUT2D eigenvalue weighted by molar-refractivity contribution is 5.96. The van der Waals surface area contributed by atoms with Gasteiger partial charge >= 0.3 is 0 Å². The molecule has 0 saturated heterocycles. The van der Waals surface area contributed by atoms with E-state index in [-0.39, 0.29) is 18.6 Å². The SMILES string of the molecule is Cc1noc(C)c1C(=O)NC(C)CCO. The summed E-state index contributed by atoms with van der Waals surface area (Å²) in [5.74, 6) is 0.313. The van der Waals surface area contributed by atoms with Gasteiger partial charge in [-0.05, 0) is 27.2 Å². The number of nitrogens with one attached hydrogen (secondary N) is 1. The topological polar surface area (TPSA) is 75.4 Å². The molecule has 1 aromatic rings. The fourth-order valence-corrected chi connectivity index (χ4v) is 1.37. The second-order valence-corrected chi connectivity index (χ2v) is 3.59. The fraction of sp³-hybridized carbons (Fsp3) is 0.600. The minimum Gasteiger partial charge on any atom is -0.396 e. The predicted molar refractivity (Wildman–Crippen MR) is 54.6 cm³/mol. The van der Waals surface area contributed by atoms with E-state index in [9.17, 15) is 4.79 Å². The molecule has 1 amide bonds. The van der Waals surface area contributed by atoms with Crippen molar-refractivity contribution in [1.82, 2.24) is 10.5 Å². The molecule has 5 heteroatoms. The molecule has 1 unspecified atom stereocenters. The Labute approximate surface area is 88.5 Å². The molecule has 84 valence electrons. The quantitative estimate of drug-likeness (QED) is 0.773. The number of aromatic nitrogens is 1. The van der Waals surface area contributed by atoms with Crippen LogP contribution < -0.4 is 5.32 Å². The van der Waals surface area contributed by atoms with E-state index < -0.39 is 0 Å². The van der Waals surface area contributed by atoms with Gasteiger partial charge in [0.25, 0.3) is 5.91 Å². The molecule has 0 aliphatic heterocycles. The number of hydrogen-bond donors (Lipinski definition) is 2. The average molecular weight is 212 g/mol. The van der Waals surface area contributed by atoms with Gasteiger partial charge in [-0.2, -0.15) is 0 Å². The Kier molecular flexibility index (Phi) is 3.85. The first-order valence-corrected chi connectivity index (χ1v) is 4.90. The monoisotopic (exact) mass is 212 g/mol. The highest BCUT2D eigenvalue weighted by Gasteiger charge is 2.18. The van der Waals surface area contributed by atoms with Crippen LogP contribution in [-0.2, 0) is 0 Å². The van der Waals surface area contributed by atoms with Crippen LogP contribution in [0.1, 0.15) is 35.2 Å². The minimum absolute atomic E-state index is 0.0586. The Morgan fingerprint density at radius 1 is 1.60 bits per heavy atom. The van der Waals surface area contributed by atoms with Crippen LogP contribution in [0.3, 0.4) is 0 Å². The maximum absolute atomic E-state index is 11.7. The van der Waals surface area contributed by atoms with E-state index in [4.69, 9.17) is 9.63 Å². The summed E-state index contributed by atoms with van der Waals surface area (Å²) in [5.41, 5.74) is 1.07. The number of carbonyl (C=O) groups excluding carboxylic acids is 1. The molecule has 1 atom stereocenters. The molecule has 5 nitrogen and oxygen atoms in total. The number of aliphatic hydroxyl groups excluding tert-OH is 1. The van der Waals surface area contributed by atoms with Crippen molar-refractivity contribution in [2.45, 2.75) is 33.2 Å². The summed E-state index contributed by atoms with van der Waals surface area (Å²) in [4.78, 5) is 11.7. The normalized spacial score (nSPS) is 12.5. The first-order valence-electron chi connectivity index (χ1n) is 4.90. The molecule has 0 fully saturated rings. The number of hydrogen-bond acceptors (Lipinski definition) is 4. The highest BCUT2D eigenvalue weighted by atomic mass is 16.5. The zero-order valence-corrected chi connectivity index (χ0v) is 9.20. The van der Waals surface area contributed by atoms with Crippen molar-refractivity contribution in [3.05, 3.63) is 17.0 Å². The summed E-state index contributed by atoms with van der Waals surface area (Å²) in [7, 11) is 0. The van der Waals surface area contributed by atoms with Crippen LogP contribution in [0.25, 0.3) is 0 Å². The lowest BCUT2D eigenvalue weighted by Crippen LogP contribution is -2.33. The van der Waals surface area contributed by atoms with E-state index in [0.29, 0.717) is 23.4 Å². The molecule has 0 aliphatic rings. The van der Waals surface area contributed by atoms with Gasteiger partial charge in [0.2, 0.25) is 0 Å². The van der Waals surface area contributed by atoms with Crippen molar-refractivity contribution >= 4 is 5.91 Å². The van der Waals surface area contributed by atoms with Crippen LogP contribution in [0, 0.1) is 13.8 Å². The molecular formula is C10H16N2O3. The van der Waals surface area contributed by atoms with E-state index in [1.807, 2.05) is 6.92 Å². The van der Waals surface area contributed by atoms with Crippen molar-refractivity contribution in [2.24, 2.45) is 0 Å². The van der Waals surface area contributed by atoms with Crippen molar-refractivity contribution in [2.75, 3.05) is 6.61 Å². The highest BCUT2D eigenvalue weighted by Crippen LogP contribution is 2.12. The average Bonchev–Trinajstić information content (AvgIpc) is 2.46. The smallest absolute Gasteiger partial charge is 0.257 e. The zero-order chi connectivity index (χ0) is 11.4. The molecule has 0 saturated carbocycles. The van der Waals surface area contributed by atoms with Gasteiger partial charge in [0.05, 0.1) is 5.69 Å². The van der Waals surface area contributed by atoms with E-state index in [1.54, 1.807) is 13.8 Å². The third kappa shape index (κ3) is 2.79. The summed E-state index contributed by atoms with van der Waals surface area (Å²) in [6.45, 7) is 5.32. The lowest BCUT2D eigenvalue weighted by molar-refractivity contribution is 0.0932. The summed E-state index contributed by atoms with van der Waals surface area (Å²) < 4.78 is 4.90. The van der Waals surface area contributed by atoms with E-state index in [2.05, 4.69) is 10.5 Å². The number of amides is 1. The van der Waals surface area contributed by atoms with Crippen LogP contribution in [0.5, 0.6) is 0 Å². The molecule has 1 aromatic heterocycles. The van der Waals surface area contributed by atoms with Crippen molar-refractivity contribution in [3.8, 4) is 0 Å². The first kappa shape index (κ1) is 11.7. The predicted octanol–water partition coefficient (Wildman–Crippen LogP) is 0.792. The third-order valence-corrected chi connectivity index (χ3v) is 2.20. The zero-order valence-electron chi connectivity index (χ0n) is 9.20. The lowest BCUT2D eigenvalue weighted by Gasteiger charge is -2.11. The molecule has 1 heterocycles. The number of carbonyl (C=O) groups is 1. The van der Waals surface area contributed by atoms with Crippen LogP contribution in [0.2, 0.25) is 0 Å². The number of aryl methyl sites for hydroxylation is 2. The Morgan fingerprint density at radius 2 is 2.27 bits per heavy atom. The maximum Gasteiger partial charge on any atom is 0.257 e. The summed E-state index contributed by atoms with van der Waals surface area (Å²) in [5, 5.41) is 15.2. The Hall–Kier alpha value is -1.36. The van der Waals surface area contributed by atoms with Gasteiger partial charge in [0.1, 0.15) is 11.3 Å². The van der Waals surface area contributed by atoms with Gasteiger partial charge in [-0.25, -0.2) is 0 Å². The van der Waals surface area contributed by atoms with E-state index in [1.165, 1.54) is 0 Å². The van der Waals surface area contributed by atoms with Crippen LogP contribution >= 0.6 is 0 Å². The molecular weight excluding hydrogens is 196 g/mol. The second-order valence-electron chi connectivity index (χ2n) is 3.59. The molecule has 0 bridgehead atoms. The lowest BCUT2D eigenvalue weighted by atomic mass is 10.1. The molecule has 0 spiro atoms. The van der Waals surface area contributed by atoms with Gasteiger partial charge in [-0.15, -0.1) is 0 Å². The maximum atomic E-state index is 11.7. The molecule has 2 N–H and O–H groups in total. The Balaban J connectivity index is 2.69. The molecule has 0 aliphatic carbocycles. The van der Waals surface area contributed by atoms with Gasteiger partial charge in [0.15, 0.2) is 0 Å². The van der Waals surface area contributed by atoms with Crippen molar-refractivity contribution in [1.29, 1.82) is 0 Å². The summed E-state index contributed by atoms with van der Waals surface area (Å²) >= 11 is 0.